The highest BCUT2D eigenvalue weighted by atomic mass is 32.2. The molecule has 4 aromatic rings. The Labute approximate surface area is 207 Å². The van der Waals surface area contributed by atoms with Crippen LogP contribution < -0.4 is 9.62 Å². The van der Waals surface area contributed by atoms with Gasteiger partial charge in [-0.2, -0.15) is 0 Å². The lowest BCUT2D eigenvalue weighted by Gasteiger charge is -2.27. The maximum atomic E-state index is 13.9. The van der Waals surface area contributed by atoms with Crippen molar-refractivity contribution in [2.45, 2.75) is 31.3 Å². The van der Waals surface area contributed by atoms with Gasteiger partial charge in [0.15, 0.2) is 0 Å². The molecule has 1 N–H and O–H groups in total. The number of aryl methyl sites for hydroxylation is 1. The van der Waals surface area contributed by atoms with Gasteiger partial charge in [-0.3, -0.25) is 9.10 Å². The number of rotatable bonds is 8. The Bertz CT molecular complexity index is 1390. The molecule has 35 heavy (non-hydrogen) atoms. The summed E-state index contributed by atoms with van der Waals surface area (Å²) in [6, 6.07) is 32.3. The summed E-state index contributed by atoms with van der Waals surface area (Å²) in [5.74, 6) is -0.339. The fraction of sp³-hybridized carbons (Fsp3) is 0.138. The van der Waals surface area contributed by atoms with Crippen LogP contribution in [0.4, 0.5) is 5.69 Å². The largest absolute Gasteiger partial charge is 0.345 e. The molecule has 5 nitrogen and oxygen atoms in total. The molecule has 0 radical (unpaired) electrons. The summed E-state index contributed by atoms with van der Waals surface area (Å²) in [5, 5.41) is 3.01. The fourth-order valence-corrected chi connectivity index (χ4v) is 5.34. The number of anilines is 1. The predicted molar refractivity (Wildman–Crippen MR) is 140 cm³/mol. The third kappa shape index (κ3) is 5.61. The molecule has 4 rings (SSSR count). The van der Waals surface area contributed by atoms with E-state index in [1.807, 2.05) is 74.5 Å². The number of sulfonamides is 1. The van der Waals surface area contributed by atoms with Gasteiger partial charge < -0.3 is 5.32 Å². The second-order valence-electron chi connectivity index (χ2n) is 8.43. The number of carbonyl (C=O) groups is 1. The van der Waals surface area contributed by atoms with E-state index in [2.05, 4.69) is 5.32 Å². The molecule has 178 valence electrons. The molecular weight excluding hydrogens is 456 g/mol. The lowest BCUT2D eigenvalue weighted by molar-refractivity contribution is 0.0940. The summed E-state index contributed by atoms with van der Waals surface area (Å²) in [4.78, 5) is 13.6. The third-order valence-electron chi connectivity index (χ3n) is 5.84. The summed E-state index contributed by atoms with van der Waals surface area (Å²) in [6.45, 7) is 3.90. The molecule has 0 saturated heterocycles. The van der Waals surface area contributed by atoms with Gasteiger partial charge in [0.25, 0.3) is 15.9 Å². The summed E-state index contributed by atoms with van der Waals surface area (Å²) >= 11 is 0. The van der Waals surface area contributed by atoms with Crippen molar-refractivity contribution in [3.05, 3.63) is 131 Å². The standard InChI is InChI=1S/C29H28N2O3S/c1-22-17-19-26(20-18-22)35(33,34)31(21-24-11-5-3-6-12-24)28-16-10-9-15-27(28)29(32)30-23(2)25-13-7-4-8-14-25/h3-20,23H,21H2,1-2H3,(H,30,32). The first-order valence-electron chi connectivity index (χ1n) is 11.4. The zero-order valence-corrected chi connectivity index (χ0v) is 20.6. The van der Waals surface area contributed by atoms with Crippen LogP contribution in [0.25, 0.3) is 0 Å². The van der Waals surface area contributed by atoms with Crippen molar-refractivity contribution in [2.24, 2.45) is 0 Å². The van der Waals surface area contributed by atoms with E-state index >= 15 is 0 Å². The van der Waals surface area contributed by atoms with E-state index in [0.717, 1.165) is 16.7 Å². The van der Waals surface area contributed by atoms with Crippen LogP contribution >= 0.6 is 0 Å². The van der Waals surface area contributed by atoms with Crippen molar-refractivity contribution >= 4 is 21.6 Å². The Morgan fingerprint density at radius 3 is 2.03 bits per heavy atom. The zero-order valence-electron chi connectivity index (χ0n) is 19.8. The molecule has 0 heterocycles. The van der Waals surface area contributed by atoms with Crippen molar-refractivity contribution in [3.63, 3.8) is 0 Å². The fourth-order valence-electron chi connectivity index (χ4n) is 3.87. The van der Waals surface area contributed by atoms with Crippen LogP contribution in [0, 0.1) is 6.92 Å². The zero-order chi connectivity index (χ0) is 24.8. The normalized spacial score (nSPS) is 12.1. The first kappa shape index (κ1) is 24.2. The van der Waals surface area contributed by atoms with Crippen LogP contribution in [0.15, 0.2) is 114 Å². The molecule has 0 bridgehead atoms. The van der Waals surface area contributed by atoms with Crippen molar-refractivity contribution in [2.75, 3.05) is 4.31 Å². The summed E-state index contributed by atoms with van der Waals surface area (Å²) < 4.78 is 29.0. The number of nitrogens with one attached hydrogen (secondary N) is 1. The van der Waals surface area contributed by atoms with Crippen LogP contribution in [-0.2, 0) is 16.6 Å². The molecule has 1 unspecified atom stereocenters. The molecular formula is C29H28N2O3S. The van der Waals surface area contributed by atoms with Crippen LogP contribution in [0.1, 0.15) is 40.0 Å². The average molecular weight is 485 g/mol. The molecule has 1 amide bonds. The molecule has 0 spiro atoms. The Morgan fingerprint density at radius 1 is 0.800 bits per heavy atom. The van der Waals surface area contributed by atoms with Gasteiger partial charge in [-0.25, -0.2) is 8.42 Å². The van der Waals surface area contributed by atoms with Gasteiger partial charge >= 0.3 is 0 Å². The van der Waals surface area contributed by atoms with Crippen molar-refractivity contribution in [3.8, 4) is 0 Å². The average Bonchev–Trinajstić information content (AvgIpc) is 2.88. The summed E-state index contributed by atoms with van der Waals surface area (Å²) in [5.41, 5.74) is 3.37. The van der Waals surface area contributed by atoms with E-state index in [1.54, 1.807) is 48.5 Å². The highest BCUT2D eigenvalue weighted by Crippen LogP contribution is 2.30. The van der Waals surface area contributed by atoms with E-state index in [0.29, 0.717) is 11.3 Å². The van der Waals surface area contributed by atoms with Crippen LogP contribution in [0.5, 0.6) is 0 Å². The Hall–Kier alpha value is -3.90. The second-order valence-corrected chi connectivity index (χ2v) is 10.3. The molecule has 1 atom stereocenters. The van der Waals surface area contributed by atoms with Crippen LogP contribution in [0.3, 0.4) is 0 Å². The van der Waals surface area contributed by atoms with Gasteiger partial charge in [0, 0.05) is 0 Å². The minimum atomic E-state index is -3.95. The first-order chi connectivity index (χ1) is 16.9. The first-order valence-corrected chi connectivity index (χ1v) is 12.9. The van der Waals surface area contributed by atoms with Gasteiger partial charge in [-0.15, -0.1) is 0 Å². The van der Waals surface area contributed by atoms with Crippen molar-refractivity contribution < 1.29 is 13.2 Å². The van der Waals surface area contributed by atoms with E-state index in [-0.39, 0.29) is 23.4 Å². The van der Waals surface area contributed by atoms with Crippen LogP contribution in [0.2, 0.25) is 0 Å². The van der Waals surface area contributed by atoms with Gasteiger partial charge in [0.1, 0.15) is 0 Å². The summed E-state index contributed by atoms with van der Waals surface area (Å²) in [7, 11) is -3.95. The third-order valence-corrected chi connectivity index (χ3v) is 7.62. The Morgan fingerprint density at radius 2 is 1.37 bits per heavy atom. The summed E-state index contributed by atoms with van der Waals surface area (Å²) in [6.07, 6.45) is 0. The minimum absolute atomic E-state index is 0.0928. The van der Waals surface area contributed by atoms with Gasteiger partial charge in [0.2, 0.25) is 0 Å². The Kier molecular flexibility index (Phi) is 7.32. The maximum absolute atomic E-state index is 13.9. The predicted octanol–water partition coefficient (Wildman–Crippen LogP) is 5.88. The maximum Gasteiger partial charge on any atom is 0.264 e. The Balaban J connectivity index is 1.75. The topological polar surface area (TPSA) is 66.5 Å². The monoisotopic (exact) mass is 484 g/mol. The number of amides is 1. The number of nitrogens with zero attached hydrogens (tertiary/aromatic N) is 1. The number of hydrogen-bond acceptors (Lipinski definition) is 3. The van der Waals surface area contributed by atoms with E-state index in [4.69, 9.17) is 0 Å². The van der Waals surface area contributed by atoms with Gasteiger partial charge in [0.05, 0.1) is 28.7 Å². The molecule has 0 aliphatic carbocycles. The molecule has 0 aliphatic rings. The molecule has 6 heteroatoms. The smallest absolute Gasteiger partial charge is 0.264 e. The number of carbonyl (C=O) groups excluding carboxylic acids is 1. The quantitative estimate of drug-likeness (QED) is 0.340. The minimum Gasteiger partial charge on any atom is -0.345 e. The number of para-hydroxylation sites is 1. The van der Waals surface area contributed by atoms with Crippen molar-refractivity contribution in [1.82, 2.24) is 5.32 Å². The van der Waals surface area contributed by atoms with Gasteiger partial charge in [-0.1, -0.05) is 90.5 Å². The SMILES string of the molecule is Cc1ccc(S(=O)(=O)N(Cc2ccccc2)c2ccccc2C(=O)NC(C)c2ccccc2)cc1. The van der Waals surface area contributed by atoms with E-state index in [9.17, 15) is 13.2 Å². The van der Waals surface area contributed by atoms with E-state index < -0.39 is 10.0 Å². The lowest BCUT2D eigenvalue weighted by atomic mass is 10.1. The van der Waals surface area contributed by atoms with Crippen molar-refractivity contribution in [1.29, 1.82) is 0 Å². The van der Waals surface area contributed by atoms with Crippen LogP contribution in [-0.4, -0.2) is 14.3 Å². The van der Waals surface area contributed by atoms with E-state index in [1.165, 1.54) is 4.31 Å². The number of benzene rings is 4. The number of hydrogen-bond donors (Lipinski definition) is 1. The molecule has 0 saturated carbocycles. The highest BCUT2D eigenvalue weighted by Gasteiger charge is 2.29. The molecule has 0 aromatic heterocycles. The second kappa shape index (κ2) is 10.6. The molecule has 0 aliphatic heterocycles. The highest BCUT2D eigenvalue weighted by molar-refractivity contribution is 7.92. The van der Waals surface area contributed by atoms with Gasteiger partial charge in [-0.05, 0) is 49.2 Å². The molecule has 4 aromatic carbocycles. The molecule has 0 fully saturated rings. The lowest BCUT2D eigenvalue weighted by Crippen LogP contribution is -2.34.